The Kier molecular flexibility index (Phi) is 5.58. The standard InChI is InChI=1S/C20H20N2O6/c1-27-18-7-3-13(4-8-18)12-21(16-5-6-16)19(23)14-9-15(20(24)28-2)11-17(10-14)22(25)26/h3-4,7-11,16H,5-6,12H2,1-2H3. The molecule has 8 heteroatoms. The van der Waals surface area contributed by atoms with Crippen molar-refractivity contribution in [3.8, 4) is 5.75 Å². The molecule has 0 N–H and O–H groups in total. The molecule has 2 aromatic carbocycles. The zero-order chi connectivity index (χ0) is 20.3. The van der Waals surface area contributed by atoms with Gasteiger partial charge in [-0.15, -0.1) is 0 Å². The Bertz CT molecular complexity index is 905. The summed E-state index contributed by atoms with van der Waals surface area (Å²) in [5.41, 5.74) is 0.654. The normalized spacial score (nSPS) is 12.9. The molecule has 0 unspecified atom stereocenters. The first-order valence-corrected chi connectivity index (χ1v) is 8.74. The van der Waals surface area contributed by atoms with Crippen LogP contribution in [0.15, 0.2) is 42.5 Å². The van der Waals surface area contributed by atoms with Crippen LogP contribution in [0, 0.1) is 10.1 Å². The topological polar surface area (TPSA) is 99.0 Å². The Morgan fingerprint density at radius 3 is 2.29 bits per heavy atom. The number of non-ortho nitro benzene ring substituents is 1. The number of methoxy groups -OCH3 is 2. The summed E-state index contributed by atoms with van der Waals surface area (Å²) in [5, 5.41) is 11.2. The molecule has 28 heavy (non-hydrogen) atoms. The van der Waals surface area contributed by atoms with E-state index < -0.39 is 10.9 Å². The number of nitro benzene ring substituents is 1. The first-order valence-electron chi connectivity index (χ1n) is 8.74. The molecule has 2 aromatic rings. The third-order valence-corrected chi connectivity index (χ3v) is 4.56. The average molecular weight is 384 g/mol. The number of nitro groups is 1. The molecule has 0 saturated heterocycles. The van der Waals surface area contributed by atoms with Gasteiger partial charge >= 0.3 is 5.97 Å². The smallest absolute Gasteiger partial charge is 0.338 e. The highest BCUT2D eigenvalue weighted by Crippen LogP contribution is 2.31. The number of rotatable bonds is 7. The van der Waals surface area contributed by atoms with Gasteiger partial charge in [0.2, 0.25) is 0 Å². The number of hydrogen-bond acceptors (Lipinski definition) is 6. The number of ether oxygens (including phenoxy) is 2. The number of carbonyl (C=O) groups excluding carboxylic acids is 2. The van der Waals surface area contributed by atoms with Crippen molar-refractivity contribution in [2.24, 2.45) is 0 Å². The van der Waals surface area contributed by atoms with Gasteiger partial charge in [-0.2, -0.15) is 0 Å². The predicted octanol–water partition coefficient (Wildman–Crippen LogP) is 3.19. The summed E-state index contributed by atoms with van der Waals surface area (Å²) in [6, 6.07) is 11.1. The highest BCUT2D eigenvalue weighted by molar-refractivity contribution is 5.99. The summed E-state index contributed by atoms with van der Waals surface area (Å²) in [4.78, 5) is 37.2. The fourth-order valence-corrected chi connectivity index (χ4v) is 2.92. The van der Waals surface area contributed by atoms with E-state index in [1.807, 2.05) is 24.3 Å². The molecule has 0 aliphatic heterocycles. The Morgan fingerprint density at radius 1 is 1.11 bits per heavy atom. The van der Waals surface area contributed by atoms with Gasteiger partial charge < -0.3 is 14.4 Å². The SMILES string of the molecule is COC(=O)c1cc(C(=O)N(Cc2ccc(OC)cc2)C2CC2)cc([N+](=O)[O-])c1. The molecule has 1 amide bonds. The van der Waals surface area contributed by atoms with Gasteiger partial charge in [0.05, 0.1) is 24.7 Å². The maximum Gasteiger partial charge on any atom is 0.338 e. The second kappa shape index (κ2) is 8.08. The summed E-state index contributed by atoms with van der Waals surface area (Å²) in [7, 11) is 2.76. The molecular weight excluding hydrogens is 364 g/mol. The van der Waals surface area contributed by atoms with Crippen molar-refractivity contribution >= 4 is 17.6 Å². The highest BCUT2D eigenvalue weighted by Gasteiger charge is 2.34. The molecule has 8 nitrogen and oxygen atoms in total. The molecule has 0 aromatic heterocycles. The van der Waals surface area contributed by atoms with Crippen LogP contribution in [-0.4, -0.2) is 42.0 Å². The molecule has 0 radical (unpaired) electrons. The number of amides is 1. The summed E-state index contributed by atoms with van der Waals surface area (Å²) < 4.78 is 9.79. The lowest BCUT2D eigenvalue weighted by molar-refractivity contribution is -0.384. The Labute approximate surface area is 161 Å². The predicted molar refractivity (Wildman–Crippen MR) is 100 cm³/mol. The zero-order valence-electron chi connectivity index (χ0n) is 15.6. The molecule has 1 aliphatic rings. The van der Waals surface area contributed by atoms with Crippen molar-refractivity contribution in [1.29, 1.82) is 0 Å². The third kappa shape index (κ3) is 4.28. The van der Waals surface area contributed by atoms with Crippen molar-refractivity contribution in [3.63, 3.8) is 0 Å². The molecule has 0 atom stereocenters. The van der Waals surface area contributed by atoms with Gasteiger partial charge in [0, 0.05) is 30.3 Å². The van der Waals surface area contributed by atoms with Crippen molar-refractivity contribution in [2.75, 3.05) is 14.2 Å². The van der Waals surface area contributed by atoms with Crippen molar-refractivity contribution in [1.82, 2.24) is 4.90 Å². The Balaban J connectivity index is 1.91. The van der Waals surface area contributed by atoms with E-state index >= 15 is 0 Å². The van der Waals surface area contributed by atoms with Crippen LogP contribution in [0.2, 0.25) is 0 Å². The molecule has 0 heterocycles. The monoisotopic (exact) mass is 384 g/mol. The van der Waals surface area contributed by atoms with Gasteiger partial charge in [0.25, 0.3) is 11.6 Å². The average Bonchev–Trinajstić information content (AvgIpc) is 3.56. The van der Waals surface area contributed by atoms with E-state index in [-0.39, 0.29) is 28.8 Å². The van der Waals surface area contributed by atoms with Crippen LogP contribution >= 0.6 is 0 Å². The number of esters is 1. The summed E-state index contributed by atoms with van der Waals surface area (Å²) >= 11 is 0. The first kappa shape index (κ1) is 19.3. The van der Waals surface area contributed by atoms with Crippen LogP contribution in [0.5, 0.6) is 5.75 Å². The maximum atomic E-state index is 13.1. The number of nitrogens with zero attached hydrogens (tertiary/aromatic N) is 2. The molecule has 1 aliphatic carbocycles. The van der Waals surface area contributed by atoms with Crippen molar-refractivity contribution < 1.29 is 24.0 Å². The van der Waals surface area contributed by atoms with Crippen molar-refractivity contribution in [3.05, 3.63) is 69.3 Å². The minimum absolute atomic E-state index is 0.0276. The van der Waals surface area contributed by atoms with Crippen LogP contribution in [0.3, 0.4) is 0 Å². The van der Waals surface area contributed by atoms with Gasteiger partial charge in [-0.3, -0.25) is 14.9 Å². The van der Waals surface area contributed by atoms with Crippen LogP contribution in [0.4, 0.5) is 5.69 Å². The van der Waals surface area contributed by atoms with Gasteiger partial charge in [-0.1, -0.05) is 12.1 Å². The van der Waals surface area contributed by atoms with Crippen LogP contribution in [0.25, 0.3) is 0 Å². The lowest BCUT2D eigenvalue weighted by atomic mass is 10.1. The van der Waals surface area contributed by atoms with Crippen LogP contribution in [0.1, 0.15) is 39.1 Å². The molecular formula is C20H20N2O6. The lowest BCUT2D eigenvalue weighted by Crippen LogP contribution is -2.32. The van der Waals surface area contributed by atoms with Gasteiger partial charge in [0.15, 0.2) is 0 Å². The fourth-order valence-electron chi connectivity index (χ4n) is 2.92. The minimum atomic E-state index is -0.731. The van der Waals surface area contributed by atoms with Gasteiger partial charge in [0.1, 0.15) is 5.75 Å². The largest absolute Gasteiger partial charge is 0.497 e. The Hall–Kier alpha value is -3.42. The van der Waals surface area contributed by atoms with Crippen molar-refractivity contribution in [2.45, 2.75) is 25.4 Å². The number of hydrogen-bond donors (Lipinski definition) is 0. The number of benzene rings is 2. The molecule has 1 saturated carbocycles. The lowest BCUT2D eigenvalue weighted by Gasteiger charge is -2.23. The van der Waals surface area contributed by atoms with E-state index in [0.717, 1.165) is 30.2 Å². The van der Waals surface area contributed by atoms with Crippen LogP contribution < -0.4 is 4.74 Å². The fraction of sp³-hybridized carbons (Fsp3) is 0.300. The molecule has 3 rings (SSSR count). The molecule has 1 fully saturated rings. The zero-order valence-corrected chi connectivity index (χ0v) is 15.6. The molecule has 0 spiro atoms. The first-order chi connectivity index (χ1) is 13.4. The third-order valence-electron chi connectivity index (χ3n) is 4.56. The van der Waals surface area contributed by atoms with E-state index in [1.165, 1.54) is 19.2 Å². The van der Waals surface area contributed by atoms with Gasteiger partial charge in [-0.25, -0.2) is 4.79 Å². The highest BCUT2D eigenvalue weighted by atomic mass is 16.6. The van der Waals surface area contributed by atoms with Gasteiger partial charge in [-0.05, 0) is 36.6 Å². The second-order valence-corrected chi connectivity index (χ2v) is 6.53. The van der Waals surface area contributed by atoms with E-state index in [2.05, 4.69) is 4.74 Å². The molecule has 146 valence electrons. The van der Waals surface area contributed by atoms with E-state index in [0.29, 0.717) is 6.54 Å². The maximum absolute atomic E-state index is 13.1. The van der Waals surface area contributed by atoms with E-state index in [1.54, 1.807) is 12.0 Å². The minimum Gasteiger partial charge on any atom is -0.497 e. The van der Waals surface area contributed by atoms with Crippen LogP contribution in [-0.2, 0) is 11.3 Å². The Morgan fingerprint density at radius 2 is 1.75 bits per heavy atom. The number of carbonyl (C=O) groups is 2. The summed E-state index contributed by atoms with van der Waals surface area (Å²) in [6.07, 6.45) is 1.75. The van der Waals surface area contributed by atoms with E-state index in [9.17, 15) is 19.7 Å². The quantitative estimate of drug-likeness (QED) is 0.413. The summed E-state index contributed by atoms with van der Waals surface area (Å²) in [6.45, 7) is 0.365. The summed E-state index contributed by atoms with van der Waals surface area (Å²) in [5.74, 6) is -0.368. The van der Waals surface area contributed by atoms with E-state index in [4.69, 9.17) is 4.74 Å². The molecule has 0 bridgehead atoms. The second-order valence-electron chi connectivity index (χ2n) is 6.53.